The molecule has 0 unspecified atom stereocenters. The van der Waals surface area contributed by atoms with Gasteiger partial charge in [-0.3, -0.25) is 9.17 Å². The molecule has 3 aromatic heterocycles. The Balaban J connectivity index is 0.797. The van der Waals surface area contributed by atoms with Crippen LogP contribution in [0.4, 0.5) is 5.82 Å². The van der Waals surface area contributed by atoms with Crippen molar-refractivity contribution in [2.24, 2.45) is 7.05 Å². The van der Waals surface area contributed by atoms with Gasteiger partial charge in [0.1, 0.15) is 5.82 Å². The fourth-order valence-electron chi connectivity index (χ4n) is 5.50. The van der Waals surface area contributed by atoms with E-state index < -0.39 is 10.1 Å². The maximum absolute atomic E-state index is 12.1. The predicted molar refractivity (Wildman–Crippen MR) is 180 cm³/mol. The van der Waals surface area contributed by atoms with E-state index in [1.165, 1.54) is 28.6 Å². The number of benzene rings is 2. The Morgan fingerprint density at radius 3 is 2.13 bits per heavy atom. The van der Waals surface area contributed by atoms with Crippen LogP contribution in [0.25, 0.3) is 32.9 Å². The average molecular weight is 661 g/mol. The third-order valence-corrected chi connectivity index (χ3v) is 9.49. The minimum Gasteiger partial charge on any atom is -0.377 e. The van der Waals surface area contributed by atoms with Crippen molar-refractivity contribution in [2.45, 2.75) is 17.9 Å². The van der Waals surface area contributed by atoms with Crippen molar-refractivity contribution in [3.05, 3.63) is 84.8 Å². The molecular weight excluding hydrogens is 620 g/mol. The number of ether oxygens (including phenoxy) is 4. The van der Waals surface area contributed by atoms with Crippen molar-refractivity contribution < 1.29 is 31.5 Å². The molecule has 5 aromatic rings. The van der Waals surface area contributed by atoms with Gasteiger partial charge in [-0.25, -0.2) is 4.98 Å². The van der Waals surface area contributed by atoms with Gasteiger partial charge in [0.25, 0.3) is 10.1 Å². The molecule has 6 rings (SSSR count). The van der Waals surface area contributed by atoms with Crippen molar-refractivity contribution in [3.63, 3.8) is 0 Å². The summed E-state index contributed by atoms with van der Waals surface area (Å²) in [6.45, 7) is 6.23. The van der Waals surface area contributed by atoms with Crippen molar-refractivity contribution >= 4 is 37.7 Å². The van der Waals surface area contributed by atoms with E-state index in [1.807, 2.05) is 31.6 Å². The summed E-state index contributed by atoms with van der Waals surface area (Å²) < 4.78 is 53.9. The van der Waals surface area contributed by atoms with Crippen LogP contribution in [0.15, 0.2) is 84.1 Å². The van der Waals surface area contributed by atoms with Crippen LogP contribution < -0.4 is 4.90 Å². The quantitative estimate of drug-likeness (QED) is 0.102. The first kappa shape index (κ1) is 33.0. The molecule has 0 atom stereocenters. The Labute approximate surface area is 275 Å². The highest BCUT2D eigenvalue weighted by molar-refractivity contribution is 7.86. The smallest absolute Gasteiger partial charge is 0.297 e. The molecule has 1 aliphatic rings. The third kappa shape index (κ3) is 8.15. The van der Waals surface area contributed by atoms with Crippen LogP contribution in [0.5, 0.6) is 0 Å². The van der Waals surface area contributed by atoms with Gasteiger partial charge in [-0.2, -0.15) is 8.42 Å². The lowest BCUT2D eigenvalue weighted by atomic mass is 10.0. The highest BCUT2D eigenvalue weighted by Crippen LogP contribution is 2.32. The van der Waals surface area contributed by atoms with Gasteiger partial charge < -0.3 is 28.4 Å². The summed E-state index contributed by atoms with van der Waals surface area (Å²) in [5.74, 6) is 0.947. The van der Waals surface area contributed by atoms with Gasteiger partial charge in [0.05, 0.1) is 69.4 Å². The molecule has 0 bridgehead atoms. The summed E-state index contributed by atoms with van der Waals surface area (Å²) in [6, 6.07) is 19.3. The summed E-state index contributed by atoms with van der Waals surface area (Å²) >= 11 is 0. The first-order chi connectivity index (χ1) is 22.9. The summed E-state index contributed by atoms with van der Waals surface area (Å²) in [7, 11) is -1.69. The van der Waals surface area contributed by atoms with E-state index >= 15 is 0 Å². The van der Waals surface area contributed by atoms with Gasteiger partial charge in [-0.15, -0.1) is 0 Å². The maximum atomic E-state index is 12.1. The normalized spacial score (nSPS) is 13.9. The fourth-order valence-corrected chi connectivity index (χ4v) is 6.39. The molecule has 4 heterocycles. The van der Waals surface area contributed by atoms with Crippen LogP contribution >= 0.6 is 0 Å². The molecule has 2 aromatic carbocycles. The molecule has 47 heavy (non-hydrogen) atoms. The number of fused-ring (bicyclic) bond motifs is 3. The molecule has 11 nitrogen and oxygen atoms in total. The topological polar surface area (TPSA) is 114 Å². The van der Waals surface area contributed by atoms with Crippen LogP contribution in [-0.2, 0) is 40.3 Å². The minimum absolute atomic E-state index is 0.0521. The van der Waals surface area contributed by atoms with E-state index in [-0.39, 0.29) is 24.2 Å². The maximum Gasteiger partial charge on any atom is 0.297 e. The van der Waals surface area contributed by atoms with Crippen molar-refractivity contribution in [3.8, 4) is 11.1 Å². The minimum atomic E-state index is -3.77. The number of aryl methyl sites for hydroxylation is 2. The molecule has 1 aliphatic heterocycles. The summed E-state index contributed by atoms with van der Waals surface area (Å²) in [5.41, 5.74) is 5.54. The standard InChI is InChI=1S/C35H40N4O7S/c1-26-3-7-30(8-4-26)47(40,41)46-20-18-44-16-14-42-13-15-43-17-19-45-29-24-39(25-29)35-10-6-28(22-37-35)27-5-9-31-32-23-36-12-11-33(32)38(2)34(31)21-27/h3-12,21-23,29H,13-20,24-25H2,1-2H3. The highest BCUT2D eigenvalue weighted by Gasteiger charge is 2.28. The molecule has 0 spiro atoms. The zero-order valence-corrected chi connectivity index (χ0v) is 27.5. The predicted octanol–water partition coefficient (Wildman–Crippen LogP) is 4.76. The zero-order valence-electron chi connectivity index (χ0n) is 26.7. The van der Waals surface area contributed by atoms with Crippen LogP contribution in [-0.4, -0.2) is 95.0 Å². The average Bonchev–Trinajstić information content (AvgIpc) is 3.35. The van der Waals surface area contributed by atoms with E-state index in [4.69, 9.17) is 28.1 Å². The Kier molecular flexibility index (Phi) is 10.8. The second-order valence-electron chi connectivity index (χ2n) is 11.4. The Hall–Kier alpha value is -3.91. The second kappa shape index (κ2) is 15.3. The van der Waals surface area contributed by atoms with Crippen LogP contribution in [0, 0.1) is 6.92 Å². The molecule has 248 valence electrons. The zero-order chi connectivity index (χ0) is 32.6. The van der Waals surface area contributed by atoms with E-state index in [9.17, 15) is 8.42 Å². The third-order valence-electron chi connectivity index (χ3n) is 8.16. The van der Waals surface area contributed by atoms with Crippen LogP contribution in [0.2, 0.25) is 0 Å². The van der Waals surface area contributed by atoms with Crippen LogP contribution in [0.3, 0.4) is 0 Å². The Morgan fingerprint density at radius 2 is 1.43 bits per heavy atom. The molecule has 1 fully saturated rings. The SMILES string of the molecule is Cc1ccc(S(=O)(=O)OCCOCCOCCOCCOC2CN(c3ccc(-c4ccc5c6cnccc6n(C)c5c4)cn3)C2)cc1. The molecule has 12 heteroatoms. The molecule has 1 saturated heterocycles. The highest BCUT2D eigenvalue weighted by atomic mass is 32.2. The van der Waals surface area contributed by atoms with E-state index in [1.54, 1.807) is 12.1 Å². The first-order valence-electron chi connectivity index (χ1n) is 15.7. The summed E-state index contributed by atoms with van der Waals surface area (Å²) in [6.07, 6.45) is 5.85. The number of anilines is 1. The lowest BCUT2D eigenvalue weighted by Gasteiger charge is -2.39. The molecule has 0 N–H and O–H groups in total. The lowest BCUT2D eigenvalue weighted by molar-refractivity contribution is -0.0257. The molecular formula is C35H40N4O7S. The van der Waals surface area contributed by atoms with Crippen LogP contribution in [0.1, 0.15) is 5.56 Å². The second-order valence-corrected chi connectivity index (χ2v) is 13.0. The van der Waals surface area contributed by atoms with E-state index in [2.05, 4.69) is 51.8 Å². The molecule has 0 radical (unpaired) electrons. The number of hydrogen-bond acceptors (Lipinski definition) is 10. The van der Waals surface area contributed by atoms with Crippen molar-refractivity contribution in [1.82, 2.24) is 14.5 Å². The van der Waals surface area contributed by atoms with Crippen molar-refractivity contribution in [2.75, 3.05) is 70.8 Å². The summed E-state index contributed by atoms with van der Waals surface area (Å²) in [4.78, 5) is 11.4. The Morgan fingerprint density at radius 1 is 0.745 bits per heavy atom. The van der Waals surface area contributed by atoms with Crippen molar-refractivity contribution in [1.29, 1.82) is 0 Å². The monoisotopic (exact) mass is 660 g/mol. The first-order valence-corrected chi connectivity index (χ1v) is 17.1. The van der Waals surface area contributed by atoms with Gasteiger partial charge >= 0.3 is 0 Å². The van der Waals surface area contributed by atoms with E-state index in [0.717, 1.165) is 41.0 Å². The van der Waals surface area contributed by atoms with Gasteiger partial charge in [-0.1, -0.05) is 29.8 Å². The Bertz CT molecular complexity index is 1870. The molecule has 0 aliphatic carbocycles. The van der Waals surface area contributed by atoms with Gasteiger partial charge in [-0.05, 0) is 48.9 Å². The number of aromatic nitrogens is 3. The lowest BCUT2D eigenvalue weighted by Crippen LogP contribution is -2.53. The van der Waals surface area contributed by atoms with Gasteiger partial charge in [0.2, 0.25) is 0 Å². The molecule has 0 amide bonds. The number of nitrogens with zero attached hydrogens (tertiary/aromatic N) is 4. The fraction of sp³-hybridized carbons (Fsp3) is 0.371. The number of rotatable bonds is 17. The summed E-state index contributed by atoms with van der Waals surface area (Å²) in [5, 5.41) is 2.36. The van der Waals surface area contributed by atoms with E-state index in [0.29, 0.717) is 39.6 Å². The number of hydrogen-bond donors (Lipinski definition) is 0. The largest absolute Gasteiger partial charge is 0.377 e. The molecule has 0 saturated carbocycles. The van der Waals surface area contributed by atoms with Gasteiger partial charge in [0, 0.05) is 60.6 Å². The number of pyridine rings is 2. The van der Waals surface area contributed by atoms with Gasteiger partial charge in [0.15, 0.2) is 0 Å².